The Morgan fingerprint density at radius 1 is 1.00 bits per heavy atom. The van der Waals surface area contributed by atoms with Crippen LogP contribution in [0.2, 0.25) is 4.34 Å². The maximum absolute atomic E-state index is 6.26. The lowest BCUT2D eigenvalue weighted by atomic mass is 10.2. The van der Waals surface area contributed by atoms with Gasteiger partial charge in [-0.3, -0.25) is 0 Å². The van der Waals surface area contributed by atoms with Gasteiger partial charge in [0.25, 0.3) is 0 Å². The molecule has 2 aromatic heterocycles. The summed E-state index contributed by atoms with van der Waals surface area (Å²) in [5.41, 5.74) is 6.26. The van der Waals surface area contributed by atoms with Crippen molar-refractivity contribution in [1.29, 1.82) is 0 Å². The highest BCUT2D eigenvalue weighted by atomic mass is 35.5. The second-order valence-corrected chi connectivity index (χ2v) is 6.67. The monoisotopic (exact) mass is 279 g/mol. The average Bonchev–Trinajstić information content (AvgIpc) is 2.93. The zero-order chi connectivity index (χ0) is 11.8. The predicted molar refractivity (Wildman–Crippen MR) is 77.2 cm³/mol. The van der Waals surface area contributed by atoms with E-state index in [-0.39, 0.29) is 6.04 Å². The summed E-state index contributed by atoms with van der Waals surface area (Å²) in [5, 5.41) is 1.26. The largest absolute Gasteiger partial charge is 0.319 e. The summed E-state index contributed by atoms with van der Waals surface area (Å²) >= 11 is 9.23. The highest BCUT2D eigenvalue weighted by Gasteiger charge is 2.14. The van der Waals surface area contributed by atoms with Crippen LogP contribution in [0.25, 0.3) is 10.1 Å². The molecular weight excluding hydrogens is 270 g/mol. The van der Waals surface area contributed by atoms with Gasteiger partial charge in [0.05, 0.1) is 10.4 Å². The maximum Gasteiger partial charge on any atom is 0.0931 e. The minimum Gasteiger partial charge on any atom is -0.319 e. The Bertz CT molecular complexity index is 623. The summed E-state index contributed by atoms with van der Waals surface area (Å²) < 4.78 is 2.07. The van der Waals surface area contributed by atoms with Gasteiger partial charge in [-0.25, -0.2) is 0 Å². The summed E-state index contributed by atoms with van der Waals surface area (Å²) in [7, 11) is 0. The van der Waals surface area contributed by atoms with Gasteiger partial charge in [-0.1, -0.05) is 29.8 Å². The van der Waals surface area contributed by atoms with Gasteiger partial charge in [0.1, 0.15) is 0 Å². The predicted octanol–water partition coefficient (Wildman–Crippen LogP) is 4.66. The first-order valence-electron chi connectivity index (χ1n) is 5.23. The smallest absolute Gasteiger partial charge is 0.0931 e. The number of halogens is 1. The van der Waals surface area contributed by atoms with Crippen LogP contribution in [0.4, 0.5) is 0 Å². The first kappa shape index (κ1) is 11.2. The summed E-state index contributed by atoms with van der Waals surface area (Å²) in [6, 6.07) is 14.3. The summed E-state index contributed by atoms with van der Waals surface area (Å²) in [5.74, 6) is 0. The Hall–Kier alpha value is -0.870. The van der Waals surface area contributed by atoms with E-state index in [9.17, 15) is 0 Å². The van der Waals surface area contributed by atoms with Crippen LogP contribution in [0.15, 0.2) is 42.5 Å². The molecular formula is C13H10ClNS2. The van der Waals surface area contributed by atoms with Crippen LogP contribution in [0.5, 0.6) is 0 Å². The van der Waals surface area contributed by atoms with Gasteiger partial charge in [-0.05, 0) is 29.7 Å². The third-order valence-electron chi connectivity index (χ3n) is 2.65. The molecule has 0 amide bonds. The molecule has 1 atom stereocenters. The van der Waals surface area contributed by atoms with Crippen molar-refractivity contribution >= 4 is 44.4 Å². The van der Waals surface area contributed by atoms with Crippen LogP contribution in [-0.4, -0.2) is 0 Å². The van der Waals surface area contributed by atoms with E-state index in [1.54, 1.807) is 22.7 Å². The first-order chi connectivity index (χ1) is 8.24. The van der Waals surface area contributed by atoms with Crippen molar-refractivity contribution in [1.82, 2.24) is 0 Å². The van der Waals surface area contributed by atoms with E-state index < -0.39 is 0 Å². The molecule has 0 fully saturated rings. The van der Waals surface area contributed by atoms with Crippen molar-refractivity contribution in [2.45, 2.75) is 6.04 Å². The number of hydrogen-bond donors (Lipinski definition) is 1. The highest BCUT2D eigenvalue weighted by molar-refractivity contribution is 7.19. The number of thiophene rings is 2. The molecule has 0 radical (unpaired) electrons. The van der Waals surface area contributed by atoms with E-state index >= 15 is 0 Å². The standard InChI is InChI=1S/C13H10ClNS2/c14-12-6-5-10(17-12)13(15)11-7-8-3-1-2-4-9(8)16-11/h1-7,13H,15H2. The fourth-order valence-electron chi connectivity index (χ4n) is 1.79. The molecule has 0 saturated carbocycles. The molecule has 3 rings (SSSR count). The molecule has 86 valence electrons. The van der Waals surface area contributed by atoms with Crippen molar-refractivity contribution < 1.29 is 0 Å². The Morgan fingerprint density at radius 2 is 1.82 bits per heavy atom. The van der Waals surface area contributed by atoms with Crippen LogP contribution in [0.1, 0.15) is 15.8 Å². The van der Waals surface area contributed by atoms with Crippen molar-refractivity contribution in [2.24, 2.45) is 5.73 Å². The minimum absolute atomic E-state index is 0.0649. The Labute approximate surface area is 112 Å². The molecule has 2 N–H and O–H groups in total. The van der Waals surface area contributed by atoms with Gasteiger partial charge in [0.2, 0.25) is 0 Å². The van der Waals surface area contributed by atoms with E-state index in [1.165, 1.54) is 15.0 Å². The number of nitrogens with two attached hydrogens (primary N) is 1. The van der Waals surface area contributed by atoms with Crippen LogP contribution in [-0.2, 0) is 0 Å². The fraction of sp³-hybridized carbons (Fsp3) is 0.0769. The van der Waals surface area contributed by atoms with Crippen molar-refractivity contribution in [2.75, 3.05) is 0 Å². The number of benzene rings is 1. The lowest BCUT2D eigenvalue weighted by Crippen LogP contribution is -2.07. The molecule has 0 aliphatic rings. The second-order valence-electron chi connectivity index (χ2n) is 3.81. The van der Waals surface area contributed by atoms with E-state index in [4.69, 9.17) is 17.3 Å². The third-order valence-corrected chi connectivity index (χ3v) is 5.17. The Morgan fingerprint density at radius 3 is 2.53 bits per heavy atom. The summed E-state index contributed by atoms with van der Waals surface area (Å²) in [6.45, 7) is 0. The van der Waals surface area contributed by atoms with Gasteiger partial charge in [0, 0.05) is 14.5 Å². The lowest BCUT2D eigenvalue weighted by Gasteiger charge is -2.05. The Balaban J connectivity index is 2.03. The van der Waals surface area contributed by atoms with Gasteiger partial charge < -0.3 is 5.73 Å². The molecule has 1 aromatic carbocycles. The molecule has 0 saturated heterocycles. The lowest BCUT2D eigenvalue weighted by molar-refractivity contribution is 0.918. The number of fused-ring (bicyclic) bond motifs is 1. The van der Waals surface area contributed by atoms with E-state index in [2.05, 4.69) is 24.3 Å². The van der Waals surface area contributed by atoms with Gasteiger partial charge in [-0.2, -0.15) is 0 Å². The highest BCUT2D eigenvalue weighted by Crippen LogP contribution is 2.35. The molecule has 0 aliphatic carbocycles. The molecule has 0 spiro atoms. The van der Waals surface area contributed by atoms with Gasteiger partial charge >= 0.3 is 0 Å². The molecule has 17 heavy (non-hydrogen) atoms. The van der Waals surface area contributed by atoms with Crippen molar-refractivity contribution in [3.8, 4) is 0 Å². The maximum atomic E-state index is 6.26. The molecule has 1 unspecified atom stereocenters. The fourth-order valence-corrected chi connectivity index (χ4v) is 4.03. The Kier molecular flexibility index (Phi) is 2.92. The van der Waals surface area contributed by atoms with Crippen molar-refractivity contribution in [3.05, 3.63) is 56.6 Å². The molecule has 3 aromatic rings. The molecule has 0 aliphatic heterocycles. The van der Waals surface area contributed by atoms with Gasteiger partial charge in [0.15, 0.2) is 0 Å². The average molecular weight is 280 g/mol. The third kappa shape index (κ3) is 2.11. The number of rotatable bonds is 2. The van der Waals surface area contributed by atoms with E-state index in [0.717, 1.165) is 9.21 Å². The van der Waals surface area contributed by atoms with Crippen LogP contribution in [0, 0.1) is 0 Å². The molecule has 0 bridgehead atoms. The van der Waals surface area contributed by atoms with E-state index in [1.807, 2.05) is 18.2 Å². The van der Waals surface area contributed by atoms with Crippen LogP contribution < -0.4 is 5.73 Å². The summed E-state index contributed by atoms with van der Waals surface area (Å²) in [4.78, 5) is 2.30. The second kappa shape index (κ2) is 4.42. The summed E-state index contributed by atoms with van der Waals surface area (Å²) in [6.07, 6.45) is 0. The van der Waals surface area contributed by atoms with Crippen LogP contribution in [0.3, 0.4) is 0 Å². The zero-order valence-electron chi connectivity index (χ0n) is 8.89. The normalized spacial score (nSPS) is 13.1. The molecule has 4 heteroatoms. The zero-order valence-corrected chi connectivity index (χ0v) is 11.3. The topological polar surface area (TPSA) is 26.0 Å². The quantitative estimate of drug-likeness (QED) is 0.725. The SMILES string of the molecule is NC(c1ccc(Cl)s1)c1cc2ccccc2s1. The number of hydrogen-bond acceptors (Lipinski definition) is 3. The van der Waals surface area contributed by atoms with Gasteiger partial charge in [-0.15, -0.1) is 22.7 Å². The van der Waals surface area contributed by atoms with E-state index in [0.29, 0.717) is 0 Å². The van der Waals surface area contributed by atoms with Crippen molar-refractivity contribution in [3.63, 3.8) is 0 Å². The van der Waals surface area contributed by atoms with Crippen LogP contribution >= 0.6 is 34.3 Å². The minimum atomic E-state index is -0.0649. The molecule has 2 heterocycles. The molecule has 1 nitrogen and oxygen atoms in total. The first-order valence-corrected chi connectivity index (χ1v) is 7.24.